The Kier molecular flexibility index (Phi) is 14.7. The van der Waals surface area contributed by atoms with Crippen molar-refractivity contribution in [2.24, 2.45) is 5.92 Å². The highest BCUT2D eigenvalue weighted by atomic mass is 35.5. The highest BCUT2D eigenvalue weighted by Crippen LogP contribution is 2.48. The Morgan fingerprint density at radius 2 is 1.83 bits per heavy atom. The summed E-state index contributed by atoms with van der Waals surface area (Å²) < 4.78 is 25.4. The number of imidazole rings is 1. The second kappa shape index (κ2) is 17.2. The van der Waals surface area contributed by atoms with Gasteiger partial charge in [-0.1, -0.05) is 51.3 Å². The SMILES string of the molecule is COCC(=O)O[C@]1(CCN(C)CCCCCCCc2nc3ccccc3[nH]2)CCc2cc(F)ccc2[C@@H]1C(C)C.Cl.Cl. The van der Waals surface area contributed by atoms with Gasteiger partial charge in [-0.3, -0.25) is 0 Å². The number of aromatic nitrogens is 2. The molecule has 9 heteroatoms. The van der Waals surface area contributed by atoms with Gasteiger partial charge in [0.2, 0.25) is 0 Å². The first-order valence-corrected chi connectivity index (χ1v) is 14.9. The van der Waals surface area contributed by atoms with Crippen LogP contribution in [0.5, 0.6) is 0 Å². The first kappa shape index (κ1) is 36.0. The van der Waals surface area contributed by atoms with Crippen LogP contribution in [0, 0.1) is 11.7 Å². The number of aromatic amines is 1. The zero-order valence-electron chi connectivity index (χ0n) is 25.5. The lowest BCUT2D eigenvalue weighted by molar-refractivity contribution is -0.172. The summed E-state index contributed by atoms with van der Waals surface area (Å²) in [5.41, 5.74) is 3.67. The molecule has 4 rings (SSSR count). The Hall–Kier alpha value is -2.19. The molecular formula is C33H48Cl2FN3O3. The molecule has 0 saturated heterocycles. The Morgan fingerprint density at radius 3 is 2.57 bits per heavy atom. The molecule has 0 spiro atoms. The number of rotatable bonds is 15. The average molecular weight is 625 g/mol. The minimum atomic E-state index is -0.625. The number of H-pyrrole nitrogens is 1. The lowest BCUT2D eigenvalue weighted by atomic mass is 9.65. The number of esters is 1. The molecule has 234 valence electrons. The largest absolute Gasteiger partial charge is 0.457 e. The predicted molar refractivity (Wildman–Crippen MR) is 172 cm³/mol. The molecule has 1 aromatic heterocycles. The number of carbonyl (C=O) groups excluding carboxylic acids is 1. The maximum Gasteiger partial charge on any atom is 0.332 e. The van der Waals surface area contributed by atoms with Gasteiger partial charge in [0, 0.05) is 32.4 Å². The number of fused-ring (bicyclic) bond motifs is 2. The molecule has 1 heterocycles. The third-order valence-corrected chi connectivity index (χ3v) is 8.38. The number of para-hydroxylation sites is 2. The van der Waals surface area contributed by atoms with Crippen molar-refractivity contribution in [3.05, 3.63) is 65.2 Å². The zero-order valence-corrected chi connectivity index (χ0v) is 27.1. The third kappa shape index (κ3) is 9.40. The monoisotopic (exact) mass is 623 g/mol. The summed E-state index contributed by atoms with van der Waals surface area (Å²) in [5, 5.41) is 0. The van der Waals surface area contributed by atoms with Crippen LogP contribution in [0.2, 0.25) is 0 Å². The summed E-state index contributed by atoms with van der Waals surface area (Å²) in [6, 6.07) is 13.3. The maximum atomic E-state index is 14.0. The number of halogens is 3. The maximum absolute atomic E-state index is 14.0. The number of nitrogens with zero attached hydrogens (tertiary/aromatic N) is 2. The first-order valence-electron chi connectivity index (χ1n) is 14.9. The Balaban J connectivity index is 0.00000308. The van der Waals surface area contributed by atoms with E-state index in [1.807, 2.05) is 18.2 Å². The van der Waals surface area contributed by atoms with Crippen molar-refractivity contribution < 1.29 is 18.7 Å². The summed E-state index contributed by atoms with van der Waals surface area (Å²) >= 11 is 0. The van der Waals surface area contributed by atoms with Gasteiger partial charge in [-0.25, -0.2) is 14.2 Å². The molecule has 0 radical (unpaired) electrons. The molecule has 1 aliphatic rings. The van der Waals surface area contributed by atoms with E-state index in [4.69, 9.17) is 9.47 Å². The van der Waals surface area contributed by atoms with Crippen molar-refractivity contribution in [2.75, 3.05) is 33.9 Å². The summed E-state index contributed by atoms with van der Waals surface area (Å²) in [5.74, 6) is 0.794. The average Bonchev–Trinajstić information content (AvgIpc) is 3.34. The van der Waals surface area contributed by atoms with Gasteiger partial charge < -0.3 is 19.4 Å². The summed E-state index contributed by atoms with van der Waals surface area (Å²) in [6.07, 6.45) is 9.05. The molecular weight excluding hydrogens is 576 g/mol. The lowest BCUT2D eigenvalue weighted by Crippen LogP contribution is -2.49. The van der Waals surface area contributed by atoms with Gasteiger partial charge in [-0.2, -0.15) is 0 Å². The number of carbonyl (C=O) groups is 1. The smallest absolute Gasteiger partial charge is 0.332 e. The van der Waals surface area contributed by atoms with Crippen LogP contribution >= 0.6 is 24.8 Å². The van der Waals surface area contributed by atoms with E-state index in [0.29, 0.717) is 12.8 Å². The van der Waals surface area contributed by atoms with Crippen molar-refractivity contribution in [1.29, 1.82) is 0 Å². The summed E-state index contributed by atoms with van der Waals surface area (Å²) in [7, 11) is 3.67. The van der Waals surface area contributed by atoms with Crippen LogP contribution in [0.15, 0.2) is 42.5 Å². The van der Waals surface area contributed by atoms with Gasteiger partial charge in [-0.15, -0.1) is 24.8 Å². The van der Waals surface area contributed by atoms with Gasteiger partial charge in [0.15, 0.2) is 0 Å². The van der Waals surface area contributed by atoms with Gasteiger partial charge in [0.1, 0.15) is 23.8 Å². The second-order valence-corrected chi connectivity index (χ2v) is 11.8. The van der Waals surface area contributed by atoms with Crippen LogP contribution in [0.25, 0.3) is 11.0 Å². The van der Waals surface area contributed by atoms with E-state index in [1.54, 1.807) is 6.07 Å². The first-order chi connectivity index (χ1) is 19.3. The minimum Gasteiger partial charge on any atom is -0.457 e. The fourth-order valence-corrected chi connectivity index (χ4v) is 6.49. The van der Waals surface area contributed by atoms with E-state index >= 15 is 0 Å². The van der Waals surface area contributed by atoms with Gasteiger partial charge >= 0.3 is 5.97 Å². The molecule has 1 aliphatic carbocycles. The highest BCUT2D eigenvalue weighted by molar-refractivity contribution is 5.85. The van der Waals surface area contributed by atoms with Crippen LogP contribution < -0.4 is 0 Å². The van der Waals surface area contributed by atoms with Gasteiger partial charge in [0.05, 0.1) is 11.0 Å². The molecule has 0 unspecified atom stereocenters. The number of aryl methyl sites for hydroxylation is 2. The Bertz CT molecular complexity index is 1220. The molecule has 0 aliphatic heterocycles. The van der Waals surface area contributed by atoms with Crippen LogP contribution in [-0.4, -0.2) is 60.3 Å². The van der Waals surface area contributed by atoms with Crippen molar-refractivity contribution in [3.63, 3.8) is 0 Å². The van der Waals surface area contributed by atoms with Gasteiger partial charge in [0.25, 0.3) is 0 Å². The van der Waals surface area contributed by atoms with E-state index in [9.17, 15) is 9.18 Å². The molecule has 2 atom stereocenters. The molecule has 0 saturated carbocycles. The van der Waals surface area contributed by atoms with Crippen molar-refractivity contribution in [2.45, 2.75) is 83.2 Å². The number of methoxy groups -OCH3 is 1. The van der Waals surface area contributed by atoms with E-state index < -0.39 is 5.60 Å². The molecule has 0 fully saturated rings. The van der Waals surface area contributed by atoms with Crippen LogP contribution in [0.4, 0.5) is 4.39 Å². The molecule has 0 bridgehead atoms. The summed E-state index contributed by atoms with van der Waals surface area (Å²) in [4.78, 5) is 23.2. The molecule has 1 N–H and O–H groups in total. The summed E-state index contributed by atoms with van der Waals surface area (Å²) in [6.45, 7) is 6.13. The fourth-order valence-electron chi connectivity index (χ4n) is 6.49. The van der Waals surface area contributed by atoms with E-state index in [-0.39, 0.29) is 55.0 Å². The highest BCUT2D eigenvalue weighted by Gasteiger charge is 2.47. The van der Waals surface area contributed by atoms with E-state index in [2.05, 4.69) is 47.9 Å². The second-order valence-electron chi connectivity index (χ2n) is 11.8. The number of ether oxygens (including phenoxy) is 2. The quantitative estimate of drug-likeness (QED) is 0.139. The number of hydrogen-bond acceptors (Lipinski definition) is 5. The van der Waals surface area contributed by atoms with Crippen LogP contribution in [0.3, 0.4) is 0 Å². The number of unbranched alkanes of at least 4 members (excludes halogenated alkanes) is 4. The Morgan fingerprint density at radius 1 is 1.10 bits per heavy atom. The molecule has 0 amide bonds. The normalized spacial score (nSPS) is 18.0. The Labute approximate surface area is 263 Å². The van der Waals surface area contributed by atoms with E-state index in [1.165, 1.54) is 32.4 Å². The van der Waals surface area contributed by atoms with Crippen molar-refractivity contribution in [3.8, 4) is 0 Å². The van der Waals surface area contributed by atoms with Crippen molar-refractivity contribution in [1.82, 2.24) is 14.9 Å². The van der Waals surface area contributed by atoms with Gasteiger partial charge in [-0.05, 0) is 80.6 Å². The zero-order chi connectivity index (χ0) is 28.5. The number of hydrogen-bond donors (Lipinski definition) is 1. The molecule has 42 heavy (non-hydrogen) atoms. The molecule has 3 aromatic rings. The van der Waals surface area contributed by atoms with E-state index in [0.717, 1.165) is 66.8 Å². The fraction of sp³-hybridized carbons (Fsp3) is 0.576. The predicted octanol–water partition coefficient (Wildman–Crippen LogP) is 7.67. The minimum absolute atomic E-state index is 0. The number of benzene rings is 2. The molecule has 2 aromatic carbocycles. The standard InChI is InChI=1S/C33H46FN3O3.2ClH/c1-24(2)32-27-16-15-26(34)22-25(27)17-18-33(32,40-31(38)23-39-4)19-21-37(3)20-11-7-5-6-8-14-30-35-28-12-9-10-13-29(28)36-30;;/h9-10,12-13,15-16,22,24,32H,5-8,11,14,17-21,23H2,1-4H3,(H,35,36);2*1H/t32-,33-;;/m0../s1. The third-order valence-electron chi connectivity index (χ3n) is 8.38. The van der Waals surface area contributed by atoms with Crippen LogP contribution in [-0.2, 0) is 27.1 Å². The lowest BCUT2D eigenvalue weighted by Gasteiger charge is -2.47. The number of nitrogens with one attached hydrogen (secondary N) is 1. The topological polar surface area (TPSA) is 67.5 Å². The van der Waals surface area contributed by atoms with Crippen molar-refractivity contribution >= 4 is 41.8 Å². The van der Waals surface area contributed by atoms with Crippen LogP contribution in [0.1, 0.15) is 81.7 Å². The molecule has 6 nitrogen and oxygen atoms in total.